The molecule has 0 saturated carbocycles. The van der Waals surface area contributed by atoms with Crippen LogP contribution in [0.15, 0.2) is 0 Å². The van der Waals surface area contributed by atoms with Gasteiger partial charge in [0, 0.05) is 0 Å². The van der Waals surface area contributed by atoms with Crippen LogP contribution in [0, 0.1) is 0 Å². The third-order valence-electron chi connectivity index (χ3n) is 2.79. The smallest absolute Gasteiger partial charge is 0.172 e. The highest BCUT2D eigenvalue weighted by molar-refractivity contribution is 7.97. The molecule has 2 aliphatic rings. The van der Waals surface area contributed by atoms with Gasteiger partial charge in [-0.05, 0) is 23.7 Å². The van der Waals surface area contributed by atoms with Crippen LogP contribution in [-0.2, 0) is 10.9 Å². The second-order valence-corrected chi connectivity index (χ2v) is 6.00. The number of aliphatic hydroxyl groups excluding tert-OH is 3. The largest absolute Gasteiger partial charge is 0.388 e. The van der Waals surface area contributed by atoms with Crippen LogP contribution in [0.25, 0.3) is 0 Å². The van der Waals surface area contributed by atoms with Crippen molar-refractivity contribution in [1.29, 1.82) is 0 Å². The first-order valence-corrected chi connectivity index (χ1v) is 6.03. The maximum absolute atomic E-state index is 9.60. The molecule has 5 atom stereocenters. The quantitative estimate of drug-likeness (QED) is 0.424. The number of rotatable bonds is 0. The van der Waals surface area contributed by atoms with Gasteiger partial charge in [0.15, 0.2) is 5.25 Å². The second kappa shape index (κ2) is 3.18. The van der Waals surface area contributed by atoms with Gasteiger partial charge in [-0.1, -0.05) is 0 Å². The van der Waals surface area contributed by atoms with Crippen molar-refractivity contribution in [1.82, 2.24) is 0 Å². The average Bonchev–Trinajstić information content (AvgIpc) is 2.29. The minimum atomic E-state index is -0.677. The predicted molar refractivity (Wildman–Crippen MR) is 48.1 cm³/mol. The third kappa shape index (κ3) is 1.27. The molecule has 2 heterocycles. The van der Waals surface area contributed by atoms with Crippen molar-refractivity contribution < 1.29 is 15.3 Å². The van der Waals surface area contributed by atoms with Crippen LogP contribution >= 0.6 is 0 Å². The lowest BCUT2D eigenvalue weighted by atomic mass is 10.0. The summed E-state index contributed by atoms with van der Waals surface area (Å²) in [6, 6.07) is 0. The van der Waals surface area contributed by atoms with Crippen molar-refractivity contribution in [3.63, 3.8) is 0 Å². The lowest BCUT2D eigenvalue weighted by molar-refractivity contribution is 0.0119. The highest BCUT2D eigenvalue weighted by Gasteiger charge is 2.54. The molecule has 2 aliphatic heterocycles. The standard InChI is InChI=1S/C8H15O3S/c9-5-2-1-3-12-4-6(10)7(11)8(5)12/h5-11H,1-4H2/q+1/t5-,6-,7-,8-,12?/m1/s1. The molecular formula is C8H15O3S+. The minimum Gasteiger partial charge on any atom is -0.388 e. The fourth-order valence-corrected chi connectivity index (χ4v) is 5.15. The van der Waals surface area contributed by atoms with Gasteiger partial charge in [-0.15, -0.1) is 0 Å². The summed E-state index contributed by atoms with van der Waals surface area (Å²) in [5.74, 6) is 1.78. The van der Waals surface area contributed by atoms with E-state index in [-0.39, 0.29) is 22.2 Å². The zero-order chi connectivity index (χ0) is 8.72. The Kier molecular flexibility index (Phi) is 2.33. The summed E-state index contributed by atoms with van der Waals surface area (Å²) in [7, 11) is 0.0745. The summed E-state index contributed by atoms with van der Waals surface area (Å²) in [6.07, 6.45) is 0.182. The van der Waals surface area contributed by atoms with Crippen molar-refractivity contribution in [3.8, 4) is 0 Å². The Morgan fingerprint density at radius 3 is 2.50 bits per heavy atom. The van der Waals surface area contributed by atoms with Crippen molar-refractivity contribution >= 4 is 10.9 Å². The molecule has 2 rings (SSSR count). The first kappa shape index (κ1) is 8.81. The molecule has 3 N–H and O–H groups in total. The zero-order valence-corrected chi connectivity index (χ0v) is 7.70. The summed E-state index contributed by atoms with van der Waals surface area (Å²) < 4.78 is 0. The van der Waals surface area contributed by atoms with E-state index in [0.29, 0.717) is 5.75 Å². The Hall–Kier alpha value is 0.230. The van der Waals surface area contributed by atoms with Gasteiger partial charge in [0.2, 0.25) is 0 Å². The highest BCUT2D eigenvalue weighted by Crippen LogP contribution is 2.32. The lowest BCUT2D eigenvalue weighted by Crippen LogP contribution is -2.44. The van der Waals surface area contributed by atoms with Gasteiger partial charge in [0.05, 0.1) is 0 Å². The Labute approximate surface area is 74.8 Å². The second-order valence-electron chi connectivity index (χ2n) is 3.64. The minimum absolute atomic E-state index is 0.0336. The fourth-order valence-electron chi connectivity index (χ4n) is 2.16. The van der Waals surface area contributed by atoms with Crippen LogP contribution < -0.4 is 0 Å². The molecule has 0 spiro atoms. The number of hydrogen-bond donors (Lipinski definition) is 3. The van der Waals surface area contributed by atoms with Crippen LogP contribution in [0.1, 0.15) is 12.8 Å². The molecule has 0 bridgehead atoms. The first-order valence-electron chi connectivity index (χ1n) is 4.40. The van der Waals surface area contributed by atoms with Gasteiger partial charge in [0.1, 0.15) is 29.8 Å². The Morgan fingerprint density at radius 1 is 1.08 bits per heavy atom. The summed E-state index contributed by atoms with van der Waals surface area (Å²) in [5.41, 5.74) is 0. The van der Waals surface area contributed by atoms with Crippen LogP contribution in [0.4, 0.5) is 0 Å². The summed E-state index contributed by atoms with van der Waals surface area (Å²) in [4.78, 5) is 0. The average molecular weight is 191 g/mol. The Bertz CT molecular complexity index is 176. The molecule has 2 fully saturated rings. The molecule has 0 amide bonds. The van der Waals surface area contributed by atoms with Gasteiger partial charge in [-0.2, -0.15) is 0 Å². The van der Waals surface area contributed by atoms with Gasteiger partial charge >= 0.3 is 0 Å². The molecule has 12 heavy (non-hydrogen) atoms. The number of aliphatic hydroxyl groups is 3. The van der Waals surface area contributed by atoms with Crippen LogP contribution in [0.2, 0.25) is 0 Å². The summed E-state index contributed by atoms with van der Waals surface area (Å²) in [5, 5.41) is 28.5. The third-order valence-corrected chi connectivity index (χ3v) is 5.73. The SMILES string of the molecule is O[C@H]1[C@H]2[C@H](O)CCC[S+]2C[C@H]1O. The molecule has 70 valence electrons. The van der Waals surface area contributed by atoms with E-state index in [1.165, 1.54) is 0 Å². The maximum atomic E-state index is 9.60. The number of hydrogen-bond acceptors (Lipinski definition) is 3. The molecule has 1 unspecified atom stereocenters. The van der Waals surface area contributed by atoms with Gasteiger partial charge in [-0.3, -0.25) is 0 Å². The van der Waals surface area contributed by atoms with Crippen LogP contribution in [0.5, 0.6) is 0 Å². The topological polar surface area (TPSA) is 60.7 Å². The molecule has 4 heteroatoms. The van der Waals surface area contributed by atoms with E-state index in [2.05, 4.69) is 0 Å². The molecule has 3 nitrogen and oxygen atoms in total. The normalized spacial score (nSPS) is 53.8. The van der Waals surface area contributed by atoms with Gasteiger partial charge < -0.3 is 15.3 Å². The molecule has 2 saturated heterocycles. The molecular weight excluding hydrogens is 176 g/mol. The van der Waals surface area contributed by atoms with E-state index in [9.17, 15) is 15.3 Å². The molecule has 0 aliphatic carbocycles. The van der Waals surface area contributed by atoms with Gasteiger partial charge in [0.25, 0.3) is 0 Å². The van der Waals surface area contributed by atoms with Crippen molar-refractivity contribution in [3.05, 3.63) is 0 Å². The maximum Gasteiger partial charge on any atom is 0.172 e. The zero-order valence-electron chi connectivity index (χ0n) is 6.89. The predicted octanol–water partition coefficient (Wildman–Crippen LogP) is -1.14. The lowest BCUT2D eigenvalue weighted by Gasteiger charge is -2.24. The molecule has 0 radical (unpaired) electrons. The van der Waals surface area contributed by atoms with Crippen molar-refractivity contribution in [2.24, 2.45) is 0 Å². The van der Waals surface area contributed by atoms with Gasteiger partial charge in [-0.25, -0.2) is 0 Å². The number of fused-ring (bicyclic) bond motifs is 1. The Morgan fingerprint density at radius 2 is 1.83 bits per heavy atom. The Balaban J connectivity index is 2.12. The van der Waals surface area contributed by atoms with E-state index in [1.807, 2.05) is 0 Å². The van der Waals surface area contributed by atoms with Crippen molar-refractivity contribution in [2.75, 3.05) is 11.5 Å². The monoisotopic (exact) mass is 191 g/mol. The molecule has 0 aromatic rings. The van der Waals surface area contributed by atoms with Crippen LogP contribution in [0.3, 0.4) is 0 Å². The summed E-state index contributed by atoms with van der Waals surface area (Å²) >= 11 is 0. The molecule has 0 aromatic heterocycles. The fraction of sp³-hybridized carbons (Fsp3) is 1.00. The van der Waals surface area contributed by atoms with Crippen molar-refractivity contribution in [2.45, 2.75) is 36.4 Å². The van der Waals surface area contributed by atoms with E-state index < -0.39 is 12.2 Å². The van der Waals surface area contributed by atoms with E-state index in [1.54, 1.807) is 0 Å². The van der Waals surface area contributed by atoms with E-state index in [0.717, 1.165) is 18.6 Å². The highest BCUT2D eigenvalue weighted by atomic mass is 32.2. The first-order chi connectivity index (χ1) is 5.70. The van der Waals surface area contributed by atoms with E-state index >= 15 is 0 Å². The molecule has 0 aromatic carbocycles. The summed E-state index contributed by atoms with van der Waals surface area (Å²) in [6.45, 7) is 0. The van der Waals surface area contributed by atoms with Crippen LogP contribution in [-0.4, -0.2) is 50.4 Å². The van der Waals surface area contributed by atoms with E-state index in [4.69, 9.17) is 0 Å².